The van der Waals surface area contributed by atoms with Crippen molar-refractivity contribution in [1.29, 1.82) is 0 Å². The standard InChI is InChI=1S/C12H19NOS/c1-10-5-6-12(14-3)11(9-10)13(2)7-4-8-15/h5-6,9,15H,4,7-8H2,1-3H3. The molecule has 0 aromatic heterocycles. The highest BCUT2D eigenvalue weighted by Crippen LogP contribution is 2.28. The third kappa shape index (κ3) is 3.34. The van der Waals surface area contributed by atoms with Crippen molar-refractivity contribution in [3.05, 3.63) is 23.8 Å². The van der Waals surface area contributed by atoms with Gasteiger partial charge in [-0.25, -0.2) is 0 Å². The molecule has 0 bridgehead atoms. The summed E-state index contributed by atoms with van der Waals surface area (Å²) in [6.45, 7) is 3.10. The molecular formula is C12H19NOS. The lowest BCUT2D eigenvalue weighted by atomic mass is 10.2. The van der Waals surface area contributed by atoms with E-state index in [0.717, 1.165) is 30.2 Å². The van der Waals surface area contributed by atoms with Gasteiger partial charge in [-0.1, -0.05) is 6.07 Å². The molecule has 0 saturated carbocycles. The van der Waals surface area contributed by atoms with Crippen molar-refractivity contribution >= 4 is 18.3 Å². The highest BCUT2D eigenvalue weighted by atomic mass is 32.1. The lowest BCUT2D eigenvalue weighted by molar-refractivity contribution is 0.414. The van der Waals surface area contributed by atoms with Crippen LogP contribution in [0.4, 0.5) is 5.69 Å². The number of hydrogen-bond donors (Lipinski definition) is 1. The van der Waals surface area contributed by atoms with E-state index in [1.54, 1.807) is 7.11 Å². The van der Waals surface area contributed by atoms with Crippen molar-refractivity contribution in [3.8, 4) is 5.75 Å². The second-order valence-electron chi connectivity index (χ2n) is 3.67. The molecule has 1 aromatic carbocycles. The topological polar surface area (TPSA) is 12.5 Å². The Morgan fingerprint density at radius 1 is 1.40 bits per heavy atom. The van der Waals surface area contributed by atoms with Crippen molar-refractivity contribution < 1.29 is 4.74 Å². The van der Waals surface area contributed by atoms with E-state index in [1.165, 1.54) is 5.56 Å². The molecule has 2 nitrogen and oxygen atoms in total. The van der Waals surface area contributed by atoms with E-state index in [0.29, 0.717) is 0 Å². The van der Waals surface area contributed by atoms with Gasteiger partial charge in [0.05, 0.1) is 12.8 Å². The first kappa shape index (κ1) is 12.2. The van der Waals surface area contributed by atoms with Crippen LogP contribution in [0.15, 0.2) is 18.2 Å². The molecule has 1 aromatic rings. The SMILES string of the molecule is COc1ccc(C)cc1N(C)CCCS. The maximum atomic E-state index is 5.34. The van der Waals surface area contributed by atoms with E-state index in [-0.39, 0.29) is 0 Å². The molecule has 0 N–H and O–H groups in total. The predicted octanol–water partition coefficient (Wildman–Crippen LogP) is 2.76. The summed E-state index contributed by atoms with van der Waals surface area (Å²) in [5.74, 6) is 1.85. The van der Waals surface area contributed by atoms with Gasteiger partial charge in [0.2, 0.25) is 0 Å². The Bertz CT molecular complexity index is 314. The Hall–Kier alpha value is -0.830. The van der Waals surface area contributed by atoms with Crippen molar-refractivity contribution in [1.82, 2.24) is 0 Å². The fourth-order valence-electron chi connectivity index (χ4n) is 1.53. The molecule has 84 valence electrons. The largest absolute Gasteiger partial charge is 0.495 e. The number of thiol groups is 1. The molecule has 0 heterocycles. The molecule has 0 atom stereocenters. The molecule has 0 saturated heterocycles. The quantitative estimate of drug-likeness (QED) is 0.774. The lowest BCUT2D eigenvalue weighted by Gasteiger charge is -2.21. The van der Waals surface area contributed by atoms with Gasteiger partial charge in [-0.2, -0.15) is 12.6 Å². The molecule has 3 heteroatoms. The minimum absolute atomic E-state index is 0.915. The maximum absolute atomic E-state index is 5.34. The van der Waals surface area contributed by atoms with Crippen LogP contribution in [0.2, 0.25) is 0 Å². The minimum Gasteiger partial charge on any atom is -0.495 e. The maximum Gasteiger partial charge on any atom is 0.142 e. The summed E-state index contributed by atoms with van der Waals surface area (Å²) in [6.07, 6.45) is 1.08. The molecule has 0 spiro atoms. The summed E-state index contributed by atoms with van der Waals surface area (Å²) in [5, 5.41) is 0. The minimum atomic E-state index is 0.915. The van der Waals surface area contributed by atoms with Crippen molar-refractivity contribution in [2.75, 3.05) is 31.4 Å². The van der Waals surface area contributed by atoms with Crippen LogP contribution in [0.5, 0.6) is 5.75 Å². The molecule has 0 aliphatic carbocycles. The number of benzene rings is 1. The first-order valence-electron chi connectivity index (χ1n) is 5.15. The van der Waals surface area contributed by atoms with Crippen LogP contribution in [0.3, 0.4) is 0 Å². The van der Waals surface area contributed by atoms with Crippen LogP contribution in [-0.2, 0) is 0 Å². The van der Waals surface area contributed by atoms with Gasteiger partial charge in [-0.3, -0.25) is 0 Å². The summed E-state index contributed by atoms with van der Waals surface area (Å²) in [7, 11) is 3.79. The Kier molecular flexibility index (Phi) is 4.82. The van der Waals surface area contributed by atoms with E-state index < -0.39 is 0 Å². The molecule has 0 aliphatic rings. The molecule has 15 heavy (non-hydrogen) atoms. The fraction of sp³-hybridized carbons (Fsp3) is 0.500. The zero-order valence-corrected chi connectivity index (χ0v) is 10.6. The van der Waals surface area contributed by atoms with Crippen LogP contribution in [0.1, 0.15) is 12.0 Å². The summed E-state index contributed by atoms with van der Waals surface area (Å²) < 4.78 is 5.34. The third-order valence-electron chi connectivity index (χ3n) is 2.40. The number of hydrogen-bond acceptors (Lipinski definition) is 3. The van der Waals surface area contributed by atoms with E-state index in [4.69, 9.17) is 4.74 Å². The molecule has 0 fully saturated rings. The van der Waals surface area contributed by atoms with Crippen molar-refractivity contribution in [2.45, 2.75) is 13.3 Å². The van der Waals surface area contributed by atoms with Crippen molar-refractivity contribution in [3.63, 3.8) is 0 Å². The third-order valence-corrected chi connectivity index (χ3v) is 2.71. The number of methoxy groups -OCH3 is 1. The molecule has 0 unspecified atom stereocenters. The van der Waals surface area contributed by atoms with Crippen molar-refractivity contribution in [2.24, 2.45) is 0 Å². The van der Waals surface area contributed by atoms with E-state index in [9.17, 15) is 0 Å². The highest BCUT2D eigenvalue weighted by Gasteiger charge is 2.07. The Labute approximate surface area is 97.6 Å². The Balaban J connectivity index is 2.85. The average molecular weight is 225 g/mol. The van der Waals surface area contributed by atoms with E-state index in [2.05, 4.69) is 43.6 Å². The summed E-state index contributed by atoms with van der Waals surface area (Å²) in [6, 6.07) is 6.23. The molecule has 0 aliphatic heterocycles. The highest BCUT2D eigenvalue weighted by molar-refractivity contribution is 7.80. The second-order valence-corrected chi connectivity index (χ2v) is 4.12. The number of anilines is 1. The number of rotatable bonds is 5. The number of nitrogens with zero attached hydrogens (tertiary/aromatic N) is 1. The molecular weight excluding hydrogens is 206 g/mol. The monoisotopic (exact) mass is 225 g/mol. The average Bonchev–Trinajstić information content (AvgIpc) is 2.25. The van der Waals surface area contributed by atoms with Crippen LogP contribution >= 0.6 is 12.6 Å². The van der Waals surface area contributed by atoms with E-state index in [1.807, 2.05) is 6.07 Å². The lowest BCUT2D eigenvalue weighted by Crippen LogP contribution is -2.19. The summed E-state index contributed by atoms with van der Waals surface area (Å²) in [4.78, 5) is 2.21. The van der Waals surface area contributed by atoms with Gasteiger partial charge in [0.1, 0.15) is 5.75 Å². The molecule has 1 rings (SSSR count). The van der Waals surface area contributed by atoms with Crippen LogP contribution < -0.4 is 9.64 Å². The van der Waals surface area contributed by atoms with Gasteiger partial charge in [-0.15, -0.1) is 0 Å². The van der Waals surface area contributed by atoms with Crippen LogP contribution in [-0.4, -0.2) is 26.5 Å². The zero-order chi connectivity index (χ0) is 11.3. The predicted molar refractivity (Wildman–Crippen MR) is 69.5 cm³/mol. The van der Waals surface area contributed by atoms with Gasteiger partial charge in [-0.05, 0) is 36.8 Å². The van der Waals surface area contributed by atoms with Gasteiger partial charge in [0.25, 0.3) is 0 Å². The molecule has 0 radical (unpaired) electrons. The summed E-state index contributed by atoms with van der Waals surface area (Å²) in [5.41, 5.74) is 2.41. The van der Waals surface area contributed by atoms with Gasteiger partial charge in [0.15, 0.2) is 0 Å². The zero-order valence-electron chi connectivity index (χ0n) is 9.66. The Morgan fingerprint density at radius 2 is 2.13 bits per heavy atom. The fourth-order valence-corrected chi connectivity index (χ4v) is 1.67. The second kappa shape index (κ2) is 5.91. The van der Waals surface area contributed by atoms with Gasteiger partial charge in [0, 0.05) is 13.6 Å². The smallest absolute Gasteiger partial charge is 0.142 e. The van der Waals surface area contributed by atoms with Crippen LogP contribution in [0, 0.1) is 6.92 Å². The number of aryl methyl sites for hydroxylation is 1. The summed E-state index contributed by atoms with van der Waals surface area (Å²) >= 11 is 4.22. The first-order valence-corrected chi connectivity index (χ1v) is 5.79. The van der Waals surface area contributed by atoms with Gasteiger partial charge >= 0.3 is 0 Å². The van der Waals surface area contributed by atoms with E-state index >= 15 is 0 Å². The molecule has 0 amide bonds. The number of ether oxygens (including phenoxy) is 1. The normalized spacial score (nSPS) is 10.1. The van der Waals surface area contributed by atoms with Gasteiger partial charge < -0.3 is 9.64 Å². The van der Waals surface area contributed by atoms with Crippen LogP contribution in [0.25, 0.3) is 0 Å². The Morgan fingerprint density at radius 3 is 2.73 bits per heavy atom. The first-order chi connectivity index (χ1) is 7.19.